The molecule has 0 fully saturated rings. The highest BCUT2D eigenvalue weighted by atomic mass is 16.5. The zero-order valence-electron chi connectivity index (χ0n) is 11.3. The lowest BCUT2D eigenvalue weighted by Crippen LogP contribution is -2.21. The summed E-state index contributed by atoms with van der Waals surface area (Å²) in [6, 6.07) is 9.43. The van der Waals surface area contributed by atoms with E-state index in [4.69, 9.17) is 4.74 Å². The third-order valence-corrected chi connectivity index (χ3v) is 3.32. The first-order chi connectivity index (χ1) is 9.76. The van der Waals surface area contributed by atoms with Gasteiger partial charge in [0.1, 0.15) is 5.75 Å². The fourth-order valence-electron chi connectivity index (χ4n) is 2.36. The molecule has 0 aliphatic carbocycles. The smallest absolute Gasteiger partial charge is 0.251 e. The van der Waals surface area contributed by atoms with E-state index in [1.165, 1.54) is 6.07 Å². The van der Waals surface area contributed by atoms with Crippen molar-refractivity contribution >= 4 is 0 Å². The maximum Gasteiger partial charge on any atom is 0.251 e. The molecule has 0 radical (unpaired) electrons. The van der Waals surface area contributed by atoms with Gasteiger partial charge in [0, 0.05) is 19.0 Å². The zero-order valence-corrected chi connectivity index (χ0v) is 11.3. The maximum absolute atomic E-state index is 11.7. The number of rotatable bonds is 4. The molecule has 1 aliphatic rings. The second kappa shape index (κ2) is 5.46. The highest BCUT2D eigenvalue weighted by molar-refractivity contribution is 5.38. The van der Waals surface area contributed by atoms with Crippen molar-refractivity contribution in [2.45, 2.75) is 26.0 Å². The molecule has 0 saturated carbocycles. The highest BCUT2D eigenvalue weighted by Gasteiger charge is 2.26. The Morgan fingerprint density at radius 2 is 2.30 bits per heavy atom. The molecule has 1 aromatic carbocycles. The minimum atomic E-state index is -0.207. The van der Waals surface area contributed by atoms with Crippen LogP contribution in [-0.4, -0.2) is 16.5 Å². The van der Waals surface area contributed by atoms with Crippen LogP contribution in [0.2, 0.25) is 0 Å². The first-order valence-electron chi connectivity index (χ1n) is 6.81. The third kappa shape index (κ3) is 2.58. The van der Waals surface area contributed by atoms with Crippen molar-refractivity contribution in [2.24, 2.45) is 0 Å². The highest BCUT2D eigenvalue weighted by Crippen LogP contribution is 2.34. The number of ether oxygens (including phenoxy) is 1. The van der Waals surface area contributed by atoms with Gasteiger partial charge in [-0.15, -0.1) is 0 Å². The number of nitrogens with one attached hydrogen (secondary N) is 2. The number of hydrogen-bond donors (Lipinski definition) is 2. The largest absolute Gasteiger partial charge is 0.482 e. The van der Waals surface area contributed by atoms with Crippen molar-refractivity contribution in [3.8, 4) is 5.75 Å². The molecule has 104 valence electrons. The van der Waals surface area contributed by atoms with Crippen molar-refractivity contribution in [2.75, 3.05) is 6.54 Å². The lowest BCUT2D eigenvalue weighted by atomic mass is 10.1. The van der Waals surface area contributed by atoms with Crippen molar-refractivity contribution < 1.29 is 4.74 Å². The minimum absolute atomic E-state index is 0.137. The quantitative estimate of drug-likeness (QED) is 0.885. The van der Waals surface area contributed by atoms with E-state index in [-0.39, 0.29) is 11.7 Å². The molecule has 1 aromatic heterocycles. The Hall–Kier alpha value is -2.14. The van der Waals surface area contributed by atoms with Gasteiger partial charge in [0.25, 0.3) is 5.56 Å². The average Bonchev–Trinajstić information content (AvgIpc) is 2.88. The maximum atomic E-state index is 11.7. The topological polar surface area (TPSA) is 67.0 Å². The van der Waals surface area contributed by atoms with Gasteiger partial charge in [0.15, 0.2) is 11.9 Å². The van der Waals surface area contributed by atoms with Crippen LogP contribution in [0.3, 0.4) is 0 Å². The van der Waals surface area contributed by atoms with Crippen LogP contribution < -0.4 is 15.6 Å². The van der Waals surface area contributed by atoms with E-state index in [1.807, 2.05) is 31.2 Å². The number of fused-ring (bicyclic) bond motifs is 1. The average molecular weight is 271 g/mol. The second-order valence-electron chi connectivity index (χ2n) is 4.82. The number of aromatic amines is 1. The molecule has 5 heteroatoms. The summed E-state index contributed by atoms with van der Waals surface area (Å²) in [5, 5.41) is 3.17. The van der Waals surface area contributed by atoms with Crippen LogP contribution in [0.5, 0.6) is 5.75 Å². The van der Waals surface area contributed by atoms with Crippen LogP contribution in [0, 0.1) is 0 Å². The summed E-state index contributed by atoms with van der Waals surface area (Å²) in [4.78, 5) is 19.0. The minimum Gasteiger partial charge on any atom is -0.482 e. The van der Waals surface area contributed by atoms with E-state index in [9.17, 15) is 4.79 Å². The number of nitrogens with zero attached hydrogens (tertiary/aromatic N) is 1. The van der Waals surface area contributed by atoms with E-state index >= 15 is 0 Å². The molecule has 5 nitrogen and oxygen atoms in total. The van der Waals surface area contributed by atoms with Gasteiger partial charge in [-0.1, -0.05) is 25.1 Å². The Morgan fingerprint density at radius 1 is 1.45 bits per heavy atom. The van der Waals surface area contributed by atoms with Crippen molar-refractivity contribution in [3.63, 3.8) is 0 Å². The fourth-order valence-corrected chi connectivity index (χ4v) is 2.36. The second-order valence-corrected chi connectivity index (χ2v) is 4.82. The monoisotopic (exact) mass is 271 g/mol. The van der Waals surface area contributed by atoms with Gasteiger partial charge < -0.3 is 15.0 Å². The number of hydrogen-bond acceptors (Lipinski definition) is 4. The van der Waals surface area contributed by atoms with Gasteiger partial charge in [-0.25, -0.2) is 4.98 Å². The summed E-state index contributed by atoms with van der Waals surface area (Å²) >= 11 is 0. The van der Waals surface area contributed by atoms with Gasteiger partial charge in [-0.05, 0) is 18.2 Å². The van der Waals surface area contributed by atoms with Crippen LogP contribution in [0.15, 0.2) is 35.1 Å². The summed E-state index contributed by atoms with van der Waals surface area (Å²) < 4.78 is 5.85. The molecular formula is C15H17N3O2. The SMILES string of the molecule is CCNCc1cc(=O)[nH]c(C2Cc3ccccc3O2)n1. The number of para-hydroxylation sites is 1. The predicted molar refractivity (Wildman–Crippen MR) is 75.8 cm³/mol. The lowest BCUT2D eigenvalue weighted by Gasteiger charge is -2.11. The summed E-state index contributed by atoms with van der Waals surface area (Å²) in [7, 11) is 0. The molecule has 2 aromatic rings. The van der Waals surface area contributed by atoms with E-state index < -0.39 is 0 Å². The number of benzene rings is 1. The van der Waals surface area contributed by atoms with Crippen molar-refractivity contribution in [3.05, 3.63) is 57.8 Å². The van der Waals surface area contributed by atoms with Crippen LogP contribution in [0.1, 0.15) is 30.1 Å². The van der Waals surface area contributed by atoms with Crippen molar-refractivity contribution in [1.82, 2.24) is 15.3 Å². The standard InChI is InChI=1S/C15H17N3O2/c1-2-16-9-11-8-14(19)18-15(17-11)13-7-10-5-3-4-6-12(10)20-13/h3-6,8,13,16H,2,7,9H2,1H3,(H,17,18,19). The van der Waals surface area contributed by atoms with E-state index in [0.29, 0.717) is 12.4 Å². The Kier molecular flexibility index (Phi) is 3.52. The predicted octanol–water partition coefficient (Wildman–Crippen LogP) is 1.56. The Labute approximate surface area is 117 Å². The molecule has 2 heterocycles. The van der Waals surface area contributed by atoms with Crippen LogP contribution >= 0.6 is 0 Å². The van der Waals surface area contributed by atoms with E-state index in [0.717, 1.165) is 30.0 Å². The van der Waals surface area contributed by atoms with Crippen LogP contribution in [0.4, 0.5) is 0 Å². The molecule has 2 N–H and O–H groups in total. The first-order valence-corrected chi connectivity index (χ1v) is 6.81. The van der Waals surface area contributed by atoms with E-state index in [1.54, 1.807) is 0 Å². The fraction of sp³-hybridized carbons (Fsp3) is 0.333. The number of aromatic nitrogens is 2. The Bertz CT molecular complexity index is 641. The van der Waals surface area contributed by atoms with Gasteiger partial charge in [-0.3, -0.25) is 4.79 Å². The first kappa shape index (κ1) is 12.9. The van der Waals surface area contributed by atoms with Gasteiger partial charge in [0.2, 0.25) is 0 Å². The Morgan fingerprint density at radius 3 is 3.10 bits per heavy atom. The molecule has 0 spiro atoms. The summed E-state index contributed by atoms with van der Waals surface area (Å²) in [6.07, 6.45) is 0.533. The lowest BCUT2D eigenvalue weighted by molar-refractivity contribution is 0.226. The number of H-pyrrole nitrogens is 1. The summed E-state index contributed by atoms with van der Waals surface area (Å²) in [6.45, 7) is 3.45. The third-order valence-electron chi connectivity index (χ3n) is 3.32. The van der Waals surface area contributed by atoms with Gasteiger partial charge in [-0.2, -0.15) is 0 Å². The zero-order chi connectivity index (χ0) is 13.9. The van der Waals surface area contributed by atoms with Crippen molar-refractivity contribution in [1.29, 1.82) is 0 Å². The molecule has 0 bridgehead atoms. The molecule has 0 amide bonds. The van der Waals surface area contributed by atoms with E-state index in [2.05, 4.69) is 15.3 Å². The molecular weight excluding hydrogens is 254 g/mol. The van der Waals surface area contributed by atoms with Crippen LogP contribution in [0.25, 0.3) is 0 Å². The van der Waals surface area contributed by atoms with Gasteiger partial charge >= 0.3 is 0 Å². The Balaban J connectivity index is 1.85. The summed E-state index contributed by atoms with van der Waals surface area (Å²) in [5.74, 6) is 1.47. The molecule has 1 aliphatic heterocycles. The molecule has 0 saturated heterocycles. The molecule has 1 unspecified atom stereocenters. The molecule has 3 rings (SSSR count). The normalized spacial score (nSPS) is 16.8. The van der Waals surface area contributed by atoms with Crippen LogP contribution in [-0.2, 0) is 13.0 Å². The molecule has 1 atom stereocenters. The molecule has 20 heavy (non-hydrogen) atoms. The van der Waals surface area contributed by atoms with Gasteiger partial charge in [0.05, 0.1) is 5.69 Å². The summed E-state index contributed by atoms with van der Waals surface area (Å²) in [5.41, 5.74) is 1.75.